The van der Waals surface area contributed by atoms with Crippen molar-refractivity contribution in [2.75, 3.05) is 6.67 Å². The van der Waals surface area contributed by atoms with Gasteiger partial charge in [0.25, 0.3) is 0 Å². The van der Waals surface area contributed by atoms with Crippen molar-refractivity contribution >= 4 is 21.9 Å². The molecule has 0 aliphatic carbocycles. The summed E-state index contributed by atoms with van der Waals surface area (Å²) in [5.41, 5.74) is 2.39. The van der Waals surface area contributed by atoms with Crippen LogP contribution in [0.1, 0.15) is 12.0 Å². The molecule has 0 saturated carbocycles. The normalized spacial score (nSPS) is 10.9. The van der Waals surface area contributed by atoms with Crippen LogP contribution in [-0.2, 0) is 6.54 Å². The minimum Gasteiger partial charge on any atom is -0.325 e. The maximum Gasteiger partial charge on any atom is 0.141 e. The van der Waals surface area contributed by atoms with Crippen LogP contribution in [0.3, 0.4) is 0 Å². The molecule has 0 radical (unpaired) electrons. The second-order valence-corrected chi connectivity index (χ2v) is 4.42. The summed E-state index contributed by atoms with van der Waals surface area (Å²) in [6, 6.07) is 11.9. The number of hydrogen-bond acceptors (Lipinski definition) is 2. The average Bonchev–Trinajstić information content (AvgIpc) is 2.78. The summed E-state index contributed by atoms with van der Waals surface area (Å²) in [7, 11) is 0. The predicted molar refractivity (Wildman–Crippen MR) is 72.5 cm³/mol. The number of hydrogen-bond donors (Lipinski definition) is 0. The molecule has 2 aromatic heterocycles. The molecule has 3 aromatic rings. The van der Waals surface area contributed by atoms with Crippen molar-refractivity contribution in [3.8, 4) is 6.07 Å². The molecule has 3 rings (SSSR count). The molecule has 0 saturated heterocycles. The third kappa shape index (κ3) is 1.84. The van der Waals surface area contributed by atoms with E-state index in [2.05, 4.69) is 11.1 Å². The molecular weight excluding hydrogens is 241 g/mol. The number of alkyl halides is 1. The van der Waals surface area contributed by atoms with Gasteiger partial charge in [-0.3, -0.25) is 4.39 Å². The smallest absolute Gasteiger partial charge is 0.141 e. The van der Waals surface area contributed by atoms with Crippen molar-refractivity contribution in [3.05, 3.63) is 42.1 Å². The first-order chi connectivity index (χ1) is 9.35. The van der Waals surface area contributed by atoms with E-state index < -0.39 is 0 Å². The molecule has 19 heavy (non-hydrogen) atoms. The van der Waals surface area contributed by atoms with Gasteiger partial charge in [-0.25, -0.2) is 4.98 Å². The van der Waals surface area contributed by atoms with Gasteiger partial charge in [0.1, 0.15) is 11.7 Å². The van der Waals surface area contributed by atoms with E-state index >= 15 is 0 Å². The lowest BCUT2D eigenvalue weighted by molar-refractivity contribution is 0.452. The lowest BCUT2D eigenvalue weighted by Gasteiger charge is -2.04. The molecule has 1 aromatic carbocycles. The zero-order chi connectivity index (χ0) is 13.2. The van der Waals surface area contributed by atoms with E-state index in [9.17, 15) is 4.39 Å². The van der Waals surface area contributed by atoms with Gasteiger partial charge in [-0.1, -0.05) is 18.2 Å². The number of nitriles is 1. The Labute approximate surface area is 109 Å². The van der Waals surface area contributed by atoms with Crippen LogP contribution in [0.5, 0.6) is 0 Å². The molecule has 0 fully saturated rings. The van der Waals surface area contributed by atoms with Crippen LogP contribution < -0.4 is 0 Å². The highest BCUT2D eigenvalue weighted by Gasteiger charge is 2.11. The van der Waals surface area contributed by atoms with Gasteiger partial charge in [-0.2, -0.15) is 5.26 Å². The summed E-state index contributed by atoms with van der Waals surface area (Å²) in [5.74, 6) is 0. The van der Waals surface area contributed by atoms with Gasteiger partial charge in [0.05, 0.1) is 17.8 Å². The summed E-state index contributed by atoms with van der Waals surface area (Å²) in [6.07, 6.45) is 2.03. The van der Waals surface area contributed by atoms with Crippen LogP contribution in [0.2, 0.25) is 0 Å². The van der Waals surface area contributed by atoms with Crippen molar-refractivity contribution in [1.82, 2.24) is 9.55 Å². The Balaban J connectivity index is 2.34. The number of pyridine rings is 1. The highest BCUT2D eigenvalue weighted by Crippen LogP contribution is 2.28. The fraction of sp³-hybridized carbons (Fsp3) is 0.200. The highest BCUT2D eigenvalue weighted by atomic mass is 19.1. The summed E-state index contributed by atoms with van der Waals surface area (Å²) >= 11 is 0. The quantitative estimate of drug-likeness (QED) is 0.717. The van der Waals surface area contributed by atoms with E-state index in [0.717, 1.165) is 21.9 Å². The maximum atomic E-state index is 12.4. The minimum absolute atomic E-state index is 0.343. The molecule has 0 aliphatic heterocycles. The Morgan fingerprint density at radius 1 is 1.26 bits per heavy atom. The number of fused-ring (bicyclic) bond motifs is 3. The van der Waals surface area contributed by atoms with Gasteiger partial charge in [0, 0.05) is 23.5 Å². The molecule has 0 bridgehead atoms. The fourth-order valence-electron chi connectivity index (χ4n) is 2.43. The van der Waals surface area contributed by atoms with Gasteiger partial charge in [-0.15, -0.1) is 0 Å². The molecule has 3 nitrogen and oxygen atoms in total. The summed E-state index contributed by atoms with van der Waals surface area (Å²) < 4.78 is 14.4. The van der Waals surface area contributed by atoms with E-state index in [4.69, 9.17) is 5.26 Å². The molecule has 94 valence electrons. The molecule has 4 heteroatoms. The number of para-hydroxylation sites is 1. The minimum atomic E-state index is -0.343. The second-order valence-electron chi connectivity index (χ2n) is 4.42. The molecule has 2 heterocycles. The van der Waals surface area contributed by atoms with Crippen LogP contribution in [0.4, 0.5) is 4.39 Å². The maximum absolute atomic E-state index is 12.4. The molecule has 0 atom stereocenters. The number of benzene rings is 1. The van der Waals surface area contributed by atoms with Crippen LogP contribution >= 0.6 is 0 Å². The van der Waals surface area contributed by atoms with Gasteiger partial charge in [0.2, 0.25) is 0 Å². The van der Waals surface area contributed by atoms with Gasteiger partial charge >= 0.3 is 0 Å². The lowest BCUT2D eigenvalue weighted by atomic mass is 10.1. The van der Waals surface area contributed by atoms with E-state index in [1.54, 1.807) is 6.20 Å². The molecular formula is C15H12FN3. The number of halogens is 1. The van der Waals surface area contributed by atoms with Crippen molar-refractivity contribution < 1.29 is 4.39 Å². The van der Waals surface area contributed by atoms with E-state index in [1.165, 1.54) is 0 Å². The van der Waals surface area contributed by atoms with Gasteiger partial charge < -0.3 is 4.57 Å². The van der Waals surface area contributed by atoms with Crippen LogP contribution in [0, 0.1) is 11.3 Å². The monoisotopic (exact) mass is 253 g/mol. The van der Waals surface area contributed by atoms with E-state index in [0.29, 0.717) is 18.5 Å². The third-order valence-corrected chi connectivity index (χ3v) is 3.25. The lowest BCUT2D eigenvalue weighted by Crippen LogP contribution is -1.99. The Bertz CT molecular complexity index is 783. The third-order valence-electron chi connectivity index (χ3n) is 3.25. The predicted octanol–water partition coefficient (Wildman–Crippen LogP) is 3.42. The second kappa shape index (κ2) is 4.69. The fourth-order valence-corrected chi connectivity index (χ4v) is 2.43. The highest BCUT2D eigenvalue weighted by molar-refractivity contribution is 6.06. The standard InChI is InChI=1S/C15H12FN3/c16-6-3-7-19-14-5-2-1-4-12(14)13-8-11(9-17)10-18-15(13)19/h1-2,4-5,8,10H,3,6-7H2. The van der Waals surface area contributed by atoms with E-state index in [-0.39, 0.29) is 6.67 Å². The Morgan fingerprint density at radius 3 is 2.89 bits per heavy atom. The first-order valence-electron chi connectivity index (χ1n) is 6.18. The number of aryl methyl sites for hydroxylation is 1. The number of nitrogens with zero attached hydrogens (tertiary/aromatic N) is 3. The Kier molecular flexibility index (Phi) is 2.88. The van der Waals surface area contributed by atoms with Crippen LogP contribution in [0.25, 0.3) is 21.9 Å². The zero-order valence-corrected chi connectivity index (χ0v) is 10.3. The zero-order valence-electron chi connectivity index (χ0n) is 10.3. The molecule has 0 amide bonds. The molecule has 0 N–H and O–H groups in total. The molecule has 0 spiro atoms. The first kappa shape index (κ1) is 11.7. The van der Waals surface area contributed by atoms with Gasteiger partial charge in [-0.05, 0) is 18.6 Å². The SMILES string of the molecule is N#Cc1cnc2c(c1)c1ccccc1n2CCCF. The topological polar surface area (TPSA) is 41.6 Å². The molecule has 0 aliphatic rings. The summed E-state index contributed by atoms with van der Waals surface area (Å²) in [6.45, 7) is 0.254. The number of rotatable bonds is 3. The summed E-state index contributed by atoms with van der Waals surface area (Å²) in [5, 5.41) is 11.0. The van der Waals surface area contributed by atoms with Crippen molar-refractivity contribution in [2.24, 2.45) is 0 Å². The summed E-state index contributed by atoms with van der Waals surface area (Å²) in [4.78, 5) is 4.36. The van der Waals surface area contributed by atoms with Crippen molar-refractivity contribution in [2.45, 2.75) is 13.0 Å². The van der Waals surface area contributed by atoms with E-state index in [1.807, 2.05) is 34.9 Å². The first-order valence-corrected chi connectivity index (χ1v) is 6.18. The Morgan fingerprint density at radius 2 is 2.11 bits per heavy atom. The average molecular weight is 253 g/mol. The van der Waals surface area contributed by atoms with Gasteiger partial charge in [0.15, 0.2) is 0 Å². The van der Waals surface area contributed by atoms with Crippen LogP contribution in [-0.4, -0.2) is 16.2 Å². The largest absolute Gasteiger partial charge is 0.325 e. The van der Waals surface area contributed by atoms with Crippen molar-refractivity contribution in [3.63, 3.8) is 0 Å². The Hall–Kier alpha value is -2.41. The van der Waals surface area contributed by atoms with Crippen LogP contribution in [0.15, 0.2) is 36.5 Å². The molecule has 0 unspecified atom stereocenters. The number of aromatic nitrogens is 2. The van der Waals surface area contributed by atoms with Crippen molar-refractivity contribution in [1.29, 1.82) is 5.26 Å².